The second-order valence-electron chi connectivity index (χ2n) is 6.50. The van der Waals surface area contributed by atoms with Crippen molar-refractivity contribution in [1.82, 2.24) is 4.90 Å². The summed E-state index contributed by atoms with van der Waals surface area (Å²) in [6, 6.07) is 12.3. The molecule has 4 nitrogen and oxygen atoms in total. The number of rotatable bonds is 10. The lowest BCUT2D eigenvalue weighted by molar-refractivity contribution is -0.896. The zero-order valence-electron chi connectivity index (χ0n) is 16.3. The molecule has 2 rings (SSSR count). The molecule has 2 aromatic rings. The molecule has 0 aliphatic heterocycles. The summed E-state index contributed by atoms with van der Waals surface area (Å²) in [5.41, 5.74) is 2.37. The van der Waals surface area contributed by atoms with E-state index in [1.807, 2.05) is 18.2 Å². The molecular weight excluding hydrogens is 342 g/mol. The molecule has 0 amide bonds. The van der Waals surface area contributed by atoms with Crippen molar-refractivity contribution in [1.29, 1.82) is 0 Å². The van der Waals surface area contributed by atoms with Gasteiger partial charge in [0.25, 0.3) is 0 Å². The van der Waals surface area contributed by atoms with Crippen molar-refractivity contribution in [3.63, 3.8) is 0 Å². The molecule has 0 atom stereocenters. The number of thiocarbonyl (C=S) groups is 1. The zero-order chi connectivity index (χ0) is 18.8. The van der Waals surface area contributed by atoms with Crippen molar-refractivity contribution in [2.45, 2.75) is 40.2 Å². The SMILES string of the molecule is CCc1ccccc1NC(=S)N(CCC[NH+](CC)CC)Cc1ccco1. The minimum atomic E-state index is 0.695. The van der Waals surface area contributed by atoms with E-state index in [0.717, 1.165) is 42.5 Å². The maximum atomic E-state index is 5.74. The highest BCUT2D eigenvalue weighted by molar-refractivity contribution is 7.80. The van der Waals surface area contributed by atoms with Crippen LogP contribution in [0.25, 0.3) is 0 Å². The molecule has 1 aromatic carbocycles. The molecule has 1 aromatic heterocycles. The average molecular weight is 375 g/mol. The number of nitrogens with zero attached hydrogens (tertiary/aromatic N) is 1. The summed E-state index contributed by atoms with van der Waals surface area (Å²) in [4.78, 5) is 3.84. The van der Waals surface area contributed by atoms with Crippen LogP contribution in [0.1, 0.15) is 38.5 Å². The normalized spacial score (nSPS) is 10.9. The van der Waals surface area contributed by atoms with Gasteiger partial charge in [0, 0.05) is 18.7 Å². The van der Waals surface area contributed by atoms with Gasteiger partial charge >= 0.3 is 0 Å². The van der Waals surface area contributed by atoms with Crippen LogP contribution >= 0.6 is 12.2 Å². The third kappa shape index (κ3) is 6.15. The molecule has 2 N–H and O–H groups in total. The van der Waals surface area contributed by atoms with E-state index in [2.05, 4.69) is 49.2 Å². The van der Waals surface area contributed by atoms with Crippen LogP contribution in [0.4, 0.5) is 5.69 Å². The van der Waals surface area contributed by atoms with E-state index in [1.54, 1.807) is 11.2 Å². The van der Waals surface area contributed by atoms with Crippen molar-refractivity contribution in [3.8, 4) is 0 Å². The van der Waals surface area contributed by atoms with Crippen molar-refractivity contribution in [2.75, 3.05) is 31.5 Å². The van der Waals surface area contributed by atoms with Crippen LogP contribution in [0, 0.1) is 0 Å². The fraction of sp³-hybridized carbons (Fsp3) is 0.476. The van der Waals surface area contributed by atoms with Crippen LogP contribution in [0.15, 0.2) is 47.1 Å². The average Bonchev–Trinajstić information content (AvgIpc) is 3.18. The predicted molar refractivity (Wildman–Crippen MR) is 113 cm³/mol. The minimum absolute atomic E-state index is 0.695. The molecule has 0 bridgehead atoms. The minimum Gasteiger partial charge on any atom is -0.467 e. The molecule has 0 fully saturated rings. The van der Waals surface area contributed by atoms with E-state index in [1.165, 1.54) is 18.7 Å². The smallest absolute Gasteiger partial charge is 0.173 e. The van der Waals surface area contributed by atoms with Crippen LogP contribution in [0.5, 0.6) is 0 Å². The fourth-order valence-electron chi connectivity index (χ4n) is 3.11. The van der Waals surface area contributed by atoms with Gasteiger partial charge in [-0.2, -0.15) is 0 Å². The maximum Gasteiger partial charge on any atom is 0.173 e. The molecule has 0 saturated carbocycles. The molecule has 0 saturated heterocycles. The highest BCUT2D eigenvalue weighted by atomic mass is 32.1. The van der Waals surface area contributed by atoms with Crippen LogP contribution in [0.2, 0.25) is 0 Å². The van der Waals surface area contributed by atoms with E-state index >= 15 is 0 Å². The molecule has 26 heavy (non-hydrogen) atoms. The van der Waals surface area contributed by atoms with Crippen LogP contribution in [-0.4, -0.2) is 36.2 Å². The van der Waals surface area contributed by atoms with Crippen molar-refractivity contribution in [3.05, 3.63) is 54.0 Å². The van der Waals surface area contributed by atoms with Crippen molar-refractivity contribution in [2.24, 2.45) is 0 Å². The van der Waals surface area contributed by atoms with Gasteiger partial charge in [0.1, 0.15) is 5.76 Å². The van der Waals surface area contributed by atoms with Gasteiger partial charge < -0.3 is 19.5 Å². The number of anilines is 1. The summed E-state index contributed by atoms with van der Waals surface area (Å²) >= 11 is 5.74. The first-order chi connectivity index (χ1) is 12.7. The largest absolute Gasteiger partial charge is 0.467 e. The van der Waals surface area contributed by atoms with E-state index in [-0.39, 0.29) is 0 Å². The van der Waals surface area contributed by atoms with Crippen LogP contribution in [-0.2, 0) is 13.0 Å². The van der Waals surface area contributed by atoms with Crippen LogP contribution in [0.3, 0.4) is 0 Å². The number of nitrogens with one attached hydrogen (secondary N) is 2. The van der Waals surface area contributed by atoms with Gasteiger partial charge in [0.05, 0.1) is 32.4 Å². The fourth-order valence-corrected chi connectivity index (χ4v) is 3.38. The van der Waals surface area contributed by atoms with Gasteiger partial charge in [-0.15, -0.1) is 0 Å². The summed E-state index contributed by atoms with van der Waals surface area (Å²) in [5, 5.41) is 4.21. The molecule has 0 aliphatic rings. The number of hydrogen-bond acceptors (Lipinski definition) is 2. The quantitative estimate of drug-likeness (QED) is 0.625. The van der Waals surface area contributed by atoms with E-state index in [0.29, 0.717) is 6.54 Å². The molecular formula is C21H32N3OS+. The Hall–Kier alpha value is -1.85. The Balaban J connectivity index is 2.02. The lowest BCUT2D eigenvalue weighted by atomic mass is 10.1. The summed E-state index contributed by atoms with van der Waals surface area (Å²) in [6.45, 7) is 11.8. The third-order valence-corrected chi connectivity index (χ3v) is 5.17. The first-order valence-electron chi connectivity index (χ1n) is 9.67. The Kier molecular flexibility index (Phi) is 8.65. The molecule has 0 unspecified atom stereocenters. The number of furan rings is 1. The topological polar surface area (TPSA) is 32.9 Å². The standard InChI is InChI=1S/C21H31N3OS/c1-4-18-11-7-8-13-20(18)22-21(26)24(17-19-12-9-16-25-19)15-10-14-23(5-2)6-3/h7-9,11-13,16H,4-6,10,14-15,17H2,1-3H3,(H,22,26)/p+1. The first kappa shape index (κ1) is 20.5. The van der Waals surface area contributed by atoms with Crippen LogP contribution < -0.4 is 10.2 Å². The summed E-state index contributed by atoms with van der Waals surface area (Å²) < 4.78 is 5.54. The third-order valence-electron chi connectivity index (χ3n) is 4.81. The highest BCUT2D eigenvalue weighted by Crippen LogP contribution is 2.17. The molecule has 0 spiro atoms. The number of hydrogen-bond donors (Lipinski definition) is 2. The van der Waals surface area contributed by atoms with Gasteiger partial charge in [0.15, 0.2) is 5.11 Å². The summed E-state index contributed by atoms with van der Waals surface area (Å²) in [7, 11) is 0. The van der Waals surface area contributed by atoms with E-state index in [4.69, 9.17) is 16.6 Å². The molecule has 0 aliphatic carbocycles. The monoisotopic (exact) mass is 374 g/mol. The summed E-state index contributed by atoms with van der Waals surface area (Å²) in [6.07, 6.45) is 3.81. The van der Waals surface area contributed by atoms with Gasteiger partial charge in [-0.05, 0) is 56.2 Å². The number of quaternary nitrogens is 1. The summed E-state index contributed by atoms with van der Waals surface area (Å²) in [5.74, 6) is 0.938. The molecule has 5 heteroatoms. The maximum absolute atomic E-state index is 5.74. The molecule has 1 heterocycles. The molecule has 142 valence electrons. The highest BCUT2D eigenvalue weighted by Gasteiger charge is 2.14. The second kappa shape index (κ2) is 11.0. The van der Waals surface area contributed by atoms with Gasteiger partial charge in [0.2, 0.25) is 0 Å². The number of para-hydroxylation sites is 1. The Morgan fingerprint density at radius 1 is 1.12 bits per heavy atom. The van der Waals surface area contributed by atoms with Gasteiger partial charge in [-0.3, -0.25) is 0 Å². The zero-order valence-corrected chi connectivity index (χ0v) is 17.1. The molecule has 0 radical (unpaired) electrons. The lowest BCUT2D eigenvalue weighted by Gasteiger charge is -2.26. The Morgan fingerprint density at radius 3 is 2.54 bits per heavy atom. The van der Waals surface area contributed by atoms with Crippen molar-refractivity contribution < 1.29 is 9.32 Å². The van der Waals surface area contributed by atoms with Crippen molar-refractivity contribution >= 4 is 23.0 Å². The number of aryl methyl sites for hydroxylation is 1. The Morgan fingerprint density at radius 2 is 1.88 bits per heavy atom. The number of benzene rings is 1. The second-order valence-corrected chi connectivity index (χ2v) is 6.89. The van der Waals surface area contributed by atoms with E-state index in [9.17, 15) is 0 Å². The van der Waals surface area contributed by atoms with E-state index < -0.39 is 0 Å². The Bertz CT molecular complexity index is 653. The predicted octanol–water partition coefficient (Wildman–Crippen LogP) is 3.36. The Labute approximate surface area is 163 Å². The lowest BCUT2D eigenvalue weighted by Crippen LogP contribution is -3.11. The van der Waals surface area contributed by atoms with Gasteiger partial charge in [-0.1, -0.05) is 25.1 Å². The van der Waals surface area contributed by atoms with Gasteiger partial charge in [-0.25, -0.2) is 0 Å². The first-order valence-corrected chi connectivity index (χ1v) is 10.1.